The van der Waals surface area contributed by atoms with E-state index < -0.39 is 6.04 Å². The summed E-state index contributed by atoms with van der Waals surface area (Å²) in [6.45, 7) is 4.82. The lowest BCUT2D eigenvalue weighted by molar-refractivity contribution is -0.123. The Kier molecular flexibility index (Phi) is 9.55. The molecular weight excluding hydrogens is 404 g/mol. The van der Waals surface area contributed by atoms with Crippen LogP contribution in [0.4, 0.5) is 0 Å². The van der Waals surface area contributed by atoms with E-state index in [-0.39, 0.29) is 17.7 Å². The van der Waals surface area contributed by atoms with Gasteiger partial charge in [-0.15, -0.1) is 0 Å². The number of halogens is 1. The van der Waals surface area contributed by atoms with E-state index in [9.17, 15) is 9.59 Å². The number of thioether (sulfide) groups is 1. The molecule has 0 saturated carbocycles. The van der Waals surface area contributed by atoms with Crippen molar-refractivity contribution in [3.63, 3.8) is 0 Å². The third kappa shape index (κ3) is 7.09. The van der Waals surface area contributed by atoms with Crippen molar-refractivity contribution in [3.05, 3.63) is 70.7 Å². The second kappa shape index (κ2) is 11.9. The Bertz CT molecular complexity index is 798. The lowest BCUT2D eigenvalue weighted by Crippen LogP contribution is -2.48. The minimum Gasteiger partial charge on any atom is -0.354 e. The number of amides is 2. The van der Waals surface area contributed by atoms with Crippen LogP contribution in [0.25, 0.3) is 0 Å². The summed E-state index contributed by atoms with van der Waals surface area (Å²) >= 11 is 7.77. The lowest BCUT2D eigenvalue weighted by atomic mass is 9.88. The van der Waals surface area contributed by atoms with E-state index in [0.717, 1.165) is 5.75 Å². The van der Waals surface area contributed by atoms with Crippen LogP contribution in [0.1, 0.15) is 42.1 Å². The molecule has 0 aliphatic rings. The Morgan fingerprint density at radius 1 is 1.03 bits per heavy atom. The molecule has 2 amide bonds. The van der Waals surface area contributed by atoms with Crippen LogP contribution in [0, 0.1) is 5.92 Å². The molecule has 156 valence electrons. The molecule has 2 rings (SSSR count). The highest BCUT2D eigenvalue weighted by Crippen LogP contribution is 2.23. The van der Waals surface area contributed by atoms with Gasteiger partial charge >= 0.3 is 0 Å². The van der Waals surface area contributed by atoms with Gasteiger partial charge in [-0.2, -0.15) is 11.8 Å². The van der Waals surface area contributed by atoms with E-state index in [1.807, 2.05) is 24.5 Å². The van der Waals surface area contributed by atoms with Gasteiger partial charge < -0.3 is 10.6 Å². The SMILES string of the molecule is CSCCC(NC(=O)c1ccccc1Cl)C(=O)NCC(c1ccccc1)C(C)C. The van der Waals surface area contributed by atoms with Gasteiger partial charge in [0.25, 0.3) is 5.91 Å². The Labute approximate surface area is 182 Å². The molecule has 0 heterocycles. The van der Waals surface area contributed by atoms with E-state index in [4.69, 9.17) is 11.6 Å². The van der Waals surface area contributed by atoms with Gasteiger partial charge in [-0.3, -0.25) is 9.59 Å². The van der Waals surface area contributed by atoms with Crippen LogP contribution in [-0.4, -0.2) is 36.4 Å². The highest BCUT2D eigenvalue weighted by molar-refractivity contribution is 7.98. The van der Waals surface area contributed by atoms with Crippen molar-refractivity contribution >= 4 is 35.2 Å². The third-order valence-corrected chi connectivity index (χ3v) is 5.85. The van der Waals surface area contributed by atoms with Crippen molar-refractivity contribution in [1.29, 1.82) is 0 Å². The number of carbonyl (C=O) groups is 2. The fourth-order valence-electron chi connectivity index (χ4n) is 3.16. The first-order valence-electron chi connectivity index (χ1n) is 9.81. The second-order valence-electron chi connectivity index (χ2n) is 7.29. The number of carbonyl (C=O) groups excluding carboxylic acids is 2. The predicted octanol–water partition coefficient (Wildman–Crippen LogP) is 4.75. The van der Waals surface area contributed by atoms with Crippen molar-refractivity contribution in [2.24, 2.45) is 5.92 Å². The Balaban J connectivity index is 2.06. The number of nitrogens with one attached hydrogen (secondary N) is 2. The standard InChI is InChI=1S/C23H29ClN2O2S/c1-16(2)19(17-9-5-4-6-10-17)15-25-23(28)21(13-14-29-3)26-22(27)18-11-7-8-12-20(18)24/h4-12,16,19,21H,13-15H2,1-3H3,(H,25,28)(H,26,27). The van der Waals surface area contributed by atoms with Crippen molar-refractivity contribution in [1.82, 2.24) is 10.6 Å². The first kappa shape index (κ1) is 23.3. The molecule has 0 aliphatic carbocycles. The van der Waals surface area contributed by atoms with Crippen molar-refractivity contribution in [2.75, 3.05) is 18.6 Å². The van der Waals surface area contributed by atoms with Gasteiger partial charge in [0.15, 0.2) is 0 Å². The monoisotopic (exact) mass is 432 g/mol. The predicted molar refractivity (Wildman–Crippen MR) is 123 cm³/mol. The topological polar surface area (TPSA) is 58.2 Å². The number of hydrogen-bond acceptors (Lipinski definition) is 3. The number of rotatable bonds is 10. The van der Waals surface area contributed by atoms with Gasteiger partial charge in [0.05, 0.1) is 10.6 Å². The normalized spacial score (nSPS) is 13.0. The maximum atomic E-state index is 12.9. The molecule has 6 heteroatoms. The van der Waals surface area contributed by atoms with E-state index >= 15 is 0 Å². The van der Waals surface area contributed by atoms with E-state index in [1.165, 1.54) is 5.56 Å². The fourth-order valence-corrected chi connectivity index (χ4v) is 3.85. The van der Waals surface area contributed by atoms with Crippen LogP contribution in [0.5, 0.6) is 0 Å². The maximum absolute atomic E-state index is 12.9. The summed E-state index contributed by atoms with van der Waals surface area (Å²) in [5.41, 5.74) is 1.57. The van der Waals surface area contributed by atoms with Gasteiger partial charge in [0.2, 0.25) is 5.91 Å². The Hall–Kier alpha value is -1.98. The summed E-state index contributed by atoms with van der Waals surface area (Å²) in [6.07, 6.45) is 2.54. The van der Waals surface area contributed by atoms with E-state index in [0.29, 0.717) is 29.5 Å². The molecule has 2 N–H and O–H groups in total. The minimum atomic E-state index is -0.602. The Morgan fingerprint density at radius 3 is 2.31 bits per heavy atom. The highest BCUT2D eigenvalue weighted by atomic mass is 35.5. The van der Waals surface area contributed by atoms with Gasteiger partial charge in [-0.05, 0) is 42.0 Å². The average Bonchev–Trinajstić information content (AvgIpc) is 2.71. The molecule has 2 atom stereocenters. The summed E-state index contributed by atoms with van der Waals surface area (Å²) in [7, 11) is 0. The molecule has 0 spiro atoms. The van der Waals surface area contributed by atoms with E-state index in [1.54, 1.807) is 36.0 Å². The summed E-state index contributed by atoms with van der Waals surface area (Å²) in [5.74, 6) is 0.856. The van der Waals surface area contributed by atoms with Crippen LogP contribution in [0.15, 0.2) is 54.6 Å². The maximum Gasteiger partial charge on any atom is 0.253 e. The molecule has 2 aromatic carbocycles. The Morgan fingerprint density at radius 2 is 1.69 bits per heavy atom. The molecular formula is C23H29ClN2O2S. The molecule has 2 aromatic rings. The zero-order valence-electron chi connectivity index (χ0n) is 17.2. The van der Waals surface area contributed by atoms with Gasteiger partial charge in [-0.25, -0.2) is 0 Å². The molecule has 2 unspecified atom stereocenters. The summed E-state index contributed by atoms with van der Waals surface area (Å²) < 4.78 is 0. The molecule has 0 aliphatic heterocycles. The van der Waals surface area contributed by atoms with Gasteiger partial charge in [-0.1, -0.05) is 67.9 Å². The summed E-state index contributed by atoms with van der Waals surface area (Å²) in [4.78, 5) is 25.5. The smallest absolute Gasteiger partial charge is 0.253 e. The van der Waals surface area contributed by atoms with Crippen LogP contribution in [-0.2, 0) is 4.79 Å². The van der Waals surface area contributed by atoms with Crippen LogP contribution in [0.3, 0.4) is 0 Å². The summed E-state index contributed by atoms with van der Waals surface area (Å²) in [5, 5.41) is 6.27. The quantitative estimate of drug-likeness (QED) is 0.569. The molecule has 0 bridgehead atoms. The molecule has 0 saturated heterocycles. The first-order valence-corrected chi connectivity index (χ1v) is 11.6. The lowest BCUT2D eigenvalue weighted by Gasteiger charge is -2.24. The minimum absolute atomic E-state index is 0.166. The van der Waals surface area contributed by atoms with Crippen LogP contribution < -0.4 is 10.6 Å². The van der Waals surface area contributed by atoms with Gasteiger partial charge in [0.1, 0.15) is 6.04 Å². The van der Waals surface area contributed by atoms with Crippen LogP contribution in [0.2, 0.25) is 5.02 Å². The first-order chi connectivity index (χ1) is 13.9. The van der Waals surface area contributed by atoms with Crippen molar-refractivity contribution < 1.29 is 9.59 Å². The average molecular weight is 433 g/mol. The molecule has 0 aromatic heterocycles. The largest absolute Gasteiger partial charge is 0.354 e. The van der Waals surface area contributed by atoms with E-state index in [2.05, 4.69) is 36.6 Å². The van der Waals surface area contributed by atoms with Crippen LogP contribution >= 0.6 is 23.4 Å². The molecule has 4 nitrogen and oxygen atoms in total. The fraction of sp³-hybridized carbons (Fsp3) is 0.391. The zero-order valence-corrected chi connectivity index (χ0v) is 18.7. The van der Waals surface area contributed by atoms with Crippen molar-refractivity contribution in [2.45, 2.75) is 32.2 Å². The molecule has 0 fully saturated rings. The highest BCUT2D eigenvalue weighted by Gasteiger charge is 2.24. The molecule has 29 heavy (non-hydrogen) atoms. The summed E-state index contributed by atoms with van der Waals surface area (Å²) in [6, 6.07) is 16.4. The second-order valence-corrected chi connectivity index (χ2v) is 8.69. The third-order valence-electron chi connectivity index (χ3n) is 4.88. The number of benzene rings is 2. The van der Waals surface area contributed by atoms with Gasteiger partial charge in [0, 0.05) is 12.5 Å². The number of hydrogen-bond donors (Lipinski definition) is 2. The van der Waals surface area contributed by atoms with Crippen molar-refractivity contribution in [3.8, 4) is 0 Å². The molecule has 0 radical (unpaired) electrons. The zero-order chi connectivity index (χ0) is 21.2.